The Labute approximate surface area is 172 Å². The van der Waals surface area contributed by atoms with E-state index in [1.807, 2.05) is 17.8 Å². The summed E-state index contributed by atoms with van der Waals surface area (Å²) in [4.78, 5) is 19.4. The zero-order valence-corrected chi connectivity index (χ0v) is 17.9. The number of thioether (sulfide) groups is 1. The Hall–Kier alpha value is -1.70. The normalized spacial score (nSPS) is 23.5. The number of aliphatic imine (C=N–C) groups is 1. The molecule has 2 heterocycles. The summed E-state index contributed by atoms with van der Waals surface area (Å²) in [7, 11) is 0. The third kappa shape index (κ3) is 5.90. The largest absolute Gasteiger partial charge is 0.359 e. The first-order valence-electron chi connectivity index (χ1n) is 10.6. The zero-order chi connectivity index (χ0) is 19.8. The maximum Gasteiger partial charge on any atom is 0.225 e. The molecule has 0 spiro atoms. The molecule has 2 N–H and O–H groups in total. The molecule has 1 saturated heterocycles. The van der Waals surface area contributed by atoms with E-state index in [9.17, 15) is 4.79 Å². The quantitative estimate of drug-likeness (QED) is 0.557. The minimum absolute atomic E-state index is 0.197. The lowest BCUT2D eigenvalue weighted by Gasteiger charge is -2.34. The van der Waals surface area contributed by atoms with Gasteiger partial charge in [0.2, 0.25) is 5.91 Å². The summed E-state index contributed by atoms with van der Waals surface area (Å²) in [5, 5.41) is 10.9. The Balaban J connectivity index is 1.47. The highest BCUT2D eigenvalue weighted by Crippen LogP contribution is 2.27. The van der Waals surface area contributed by atoms with E-state index >= 15 is 0 Å². The van der Waals surface area contributed by atoms with Crippen molar-refractivity contribution < 1.29 is 9.32 Å². The van der Waals surface area contributed by atoms with E-state index in [-0.39, 0.29) is 5.92 Å². The maximum absolute atomic E-state index is 12.7. The molecule has 1 aliphatic carbocycles. The summed E-state index contributed by atoms with van der Waals surface area (Å²) < 4.78 is 5.32. The van der Waals surface area contributed by atoms with Gasteiger partial charge in [-0.3, -0.25) is 4.79 Å². The second-order valence-electron chi connectivity index (χ2n) is 7.46. The first kappa shape index (κ1) is 21.0. The van der Waals surface area contributed by atoms with Crippen LogP contribution in [0.2, 0.25) is 0 Å². The molecule has 1 aromatic rings. The van der Waals surface area contributed by atoms with Gasteiger partial charge in [-0.1, -0.05) is 12.1 Å². The van der Waals surface area contributed by atoms with E-state index in [2.05, 4.69) is 39.5 Å². The Morgan fingerprint density at radius 2 is 2.04 bits per heavy atom. The lowest BCUT2D eigenvalue weighted by Crippen LogP contribution is -2.47. The van der Waals surface area contributed by atoms with Crippen LogP contribution in [0.1, 0.15) is 51.0 Å². The predicted molar refractivity (Wildman–Crippen MR) is 113 cm³/mol. The number of aryl methyl sites for hydroxylation is 1. The van der Waals surface area contributed by atoms with Gasteiger partial charge in [-0.05, 0) is 39.0 Å². The van der Waals surface area contributed by atoms with Crippen molar-refractivity contribution in [2.45, 2.75) is 58.5 Å². The van der Waals surface area contributed by atoms with Crippen molar-refractivity contribution in [2.75, 3.05) is 31.1 Å². The van der Waals surface area contributed by atoms with Gasteiger partial charge in [0.25, 0.3) is 0 Å². The van der Waals surface area contributed by atoms with Gasteiger partial charge >= 0.3 is 0 Å². The van der Waals surface area contributed by atoms with Crippen LogP contribution in [0, 0.1) is 5.92 Å². The molecule has 0 unspecified atom stereocenters. The highest BCUT2D eigenvalue weighted by molar-refractivity contribution is 7.99. The summed E-state index contributed by atoms with van der Waals surface area (Å²) in [6, 6.07) is 2.32. The first-order valence-corrected chi connectivity index (χ1v) is 11.7. The minimum Gasteiger partial charge on any atom is -0.359 e. The van der Waals surface area contributed by atoms with Crippen molar-refractivity contribution >= 4 is 23.6 Å². The molecule has 1 aromatic heterocycles. The fraction of sp³-hybridized carbons (Fsp3) is 0.750. The highest BCUT2D eigenvalue weighted by Gasteiger charge is 2.30. The van der Waals surface area contributed by atoms with Crippen LogP contribution in [0.3, 0.4) is 0 Å². The van der Waals surface area contributed by atoms with Gasteiger partial charge in [0.1, 0.15) is 6.54 Å². The molecule has 0 bridgehead atoms. The van der Waals surface area contributed by atoms with Gasteiger partial charge in [0.15, 0.2) is 11.7 Å². The lowest BCUT2D eigenvalue weighted by molar-refractivity contribution is -0.136. The summed E-state index contributed by atoms with van der Waals surface area (Å²) in [5.74, 6) is 4.31. The van der Waals surface area contributed by atoms with Crippen molar-refractivity contribution in [2.24, 2.45) is 10.9 Å². The summed E-state index contributed by atoms with van der Waals surface area (Å²) in [6.45, 7) is 7.24. The number of aromatic nitrogens is 1. The van der Waals surface area contributed by atoms with Crippen LogP contribution in [0.5, 0.6) is 0 Å². The Morgan fingerprint density at radius 1 is 1.29 bits per heavy atom. The Bertz CT molecular complexity index is 649. The molecule has 156 valence electrons. The summed E-state index contributed by atoms with van der Waals surface area (Å²) in [6.07, 6.45) is 4.80. The molecule has 28 heavy (non-hydrogen) atoms. The van der Waals surface area contributed by atoms with Crippen LogP contribution < -0.4 is 10.6 Å². The van der Waals surface area contributed by atoms with Crippen LogP contribution in [0.25, 0.3) is 0 Å². The van der Waals surface area contributed by atoms with Crippen LogP contribution in [-0.2, 0) is 17.8 Å². The van der Waals surface area contributed by atoms with Gasteiger partial charge in [0, 0.05) is 49.2 Å². The molecule has 7 nitrogen and oxygen atoms in total. The van der Waals surface area contributed by atoms with Crippen LogP contribution >= 0.6 is 11.8 Å². The molecule has 2 aliphatic rings. The number of hydrogen-bond donors (Lipinski definition) is 2. The number of carbonyl (C=O) groups excluding carboxylic acids is 1. The van der Waals surface area contributed by atoms with Crippen molar-refractivity contribution in [3.63, 3.8) is 0 Å². The molecule has 1 amide bonds. The molecule has 1 aliphatic heterocycles. The van der Waals surface area contributed by atoms with Gasteiger partial charge in [-0.25, -0.2) is 4.99 Å². The predicted octanol–water partition coefficient (Wildman–Crippen LogP) is 2.43. The number of carbonyl (C=O) groups is 1. The van der Waals surface area contributed by atoms with Crippen molar-refractivity contribution in [1.29, 1.82) is 0 Å². The number of nitrogens with zero attached hydrogens (tertiary/aromatic N) is 3. The molecular weight excluding hydrogens is 374 g/mol. The Morgan fingerprint density at radius 3 is 2.68 bits per heavy atom. The SMILES string of the molecule is CCNC(=NCc1cc(CC)no1)NC1CCC(C(=O)N2CCSCC2)CC1. The first-order chi connectivity index (χ1) is 13.7. The van der Waals surface area contributed by atoms with E-state index in [0.717, 1.165) is 80.7 Å². The topological polar surface area (TPSA) is 82.8 Å². The second kappa shape index (κ2) is 10.7. The maximum atomic E-state index is 12.7. The number of rotatable bonds is 6. The monoisotopic (exact) mass is 407 g/mol. The minimum atomic E-state index is 0.197. The van der Waals surface area contributed by atoms with Gasteiger partial charge in [-0.2, -0.15) is 11.8 Å². The standard InChI is InChI=1S/C20H33N5O2S/c1-3-16-13-18(27-24-16)14-22-20(21-4-2)23-17-7-5-15(6-8-17)19(26)25-9-11-28-12-10-25/h13,15,17H,3-12,14H2,1-2H3,(H2,21,22,23). The van der Waals surface area contributed by atoms with Crippen molar-refractivity contribution in [3.05, 3.63) is 17.5 Å². The van der Waals surface area contributed by atoms with Gasteiger partial charge < -0.3 is 20.1 Å². The fourth-order valence-electron chi connectivity index (χ4n) is 3.79. The van der Waals surface area contributed by atoms with E-state index in [1.165, 1.54) is 0 Å². The number of guanidine groups is 1. The molecule has 1 saturated carbocycles. The highest BCUT2D eigenvalue weighted by atomic mass is 32.2. The smallest absolute Gasteiger partial charge is 0.225 e. The summed E-state index contributed by atoms with van der Waals surface area (Å²) >= 11 is 1.95. The fourth-order valence-corrected chi connectivity index (χ4v) is 4.70. The van der Waals surface area contributed by atoms with E-state index in [1.54, 1.807) is 0 Å². The Kier molecular flexibility index (Phi) is 8.06. The number of hydrogen-bond acceptors (Lipinski definition) is 5. The molecule has 3 rings (SSSR count). The molecule has 0 radical (unpaired) electrons. The summed E-state index contributed by atoms with van der Waals surface area (Å²) in [5.41, 5.74) is 0.957. The molecule has 0 aromatic carbocycles. The van der Waals surface area contributed by atoms with E-state index in [4.69, 9.17) is 4.52 Å². The van der Waals surface area contributed by atoms with E-state index < -0.39 is 0 Å². The second-order valence-corrected chi connectivity index (χ2v) is 8.69. The van der Waals surface area contributed by atoms with Crippen LogP contribution in [0.15, 0.2) is 15.6 Å². The van der Waals surface area contributed by atoms with Crippen molar-refractivity contribution in [1.82, 2.24) is 20.7 Å². The number of amides is 1. The van der Waals surface area contributed by atoms with Crippen molar-refractivity contribution in [3.8, 4) is 0 Å². The van der Waals surface area contributed by atoms with Gasteiger partial charge in [0.05, 0.1) is 5.69 Å². The average molecular weight is 408 g/mol. The van der Waals surface area contributed by atoms with E-state index in [0.29, 0.717) is 18.5 Å². The van der Waals surface area contributed by atoms with Crippen LogP contribution in [0.4, 0.5) is 0 Å². The van der Waals surface area contributed by atoms with Gasteiger partial charge in [-0.15, -0.1) is 0 Å². The molecule has 2 fully saturated rings. The molecule has 8 heteroatoms. The molecular formula is C20H33N5O2S. The lowest BCUT2D eigenvalue weighted by atomic mass is 9.85. The third-order valence-corrected chi connectivity index (χ3v) is 6.39. The third-order valence-electron chi connectivity index (χ3n) is 5.45. The average Bonchev–Trinajstić information content (AvgIpc) is 3.21. The molecule has 0 atom stereocenters. The zero-order valence-electron chi connectivity index (χ0n) is 17.1. The number of nitrogens with one attached hydrogen (secondary N) is 2. The van der Waals surface area contributed by atoms with Crippen LogP contribution in [-0.4, -0.2) is 59.1 Å².